The van der Waals surface area contributed by atoms with Crippen LogP contribution in [0.3, 0.4) is 0 Å². The molecule has 1 aliphatic rings. The number of amides is 1. The van der Waals surface area contributed by atoms with Gasteiger partial charge in [0.15, 0.2) is 0 Å². The van der Waals surface area contributed by atoms with Gasteiger partial charge in [-0.2, -0.15) is 8.78 Å². The summed E-state index contributed by atoms with van der Waals surface area (Å²) < 4.78 is 29.4. The van der Waals surface area contributed by atoms with Gasteiger partial charge >= 0.3 is 6.61 Å². The number of hydrogen-bond acceptors (Lipinski definition) is 3. The van der Waals surface area contributed by atoms with Crippen LogP contribution in [0.25, 0.3) is 11.1 Å². The number of aromatic amines is 1. The molecule has 0 saturated carbocycles. The lowest BCUT2D eigenvalue weighted by Crippen LogP contribution is -2.48. The van der Waals surface area contributed by atoms with Gasteiger partial charge in [0.25, 0.3) is 5.91 Å². The van der Waals surface area contributed by atoms with Gasteiger partial charge in [-0.1, -0.05) is 6.92 Å². The van der Waals surface area contributed by atoms with Gasteiger partial charge < -0.3 is 14.6 Å². The summed E-state index contributed by atoms with van der Waals surface area (Å²) >= 11 is 0. The van der Waals surface area contributed by atoms with E-state index >= 15 is 0 Å². The van der Waals surface area contributed by atoms with E-state index in [2.05, 4.69) is 9.72 Å². The zero-order chi connectivity index (χ0) is 18.1. The summed E-state index contributed by atoms with van der Waals surface area (Å²) in [5.74, 6) is 0.0673. The van der Waals surface area contributed by atoms with E-state index in [1.807, 2.05) is 6.92 Å². The van der Waals surface area contributed by atoms with Gasteiger partial charge in [0, 0.05) is 24.8 Å². The highest BCUT2D eigenvalue weighted by Crippen LogP contribution is 2.30. The maximum absolute atomic E-state index is 12.8. The molecule has 3 rings (SSSR count). The lowest BCUT2D eigenvalue weighted by molar-refractivity contribution is -0.0499. The van der Waals surface area contributed by atoms with Crippen molar-refractivity contribution in [3.8, 4) is 16.9 Å². The van der Waals surface area contributed by atoms with Gasteiger partial charge in [0.2, 0.25) is 5.56 Å². The monoisotopic (exact) mass is 348 g/mol. The van der Waals surface area contributed by atoms with Gasteiger partial charge in [0.1, 0.15) is 5.75 Å². The van der Waals surface area contributed by atoms with Crippen molar-refractivity contribution in [3.05, 3.63) is 51.9 Å². The minimum Gasteiger partial charge on any atom is -0.435 e. The van der Waals surface area contributed by atoms with E-state index in [1.165, 1.54) is 24.3 Å². The number of ether oxygens (including phenoxy) is 1. The number of benzene rings is 1. The van der Waals surface area contributed by atoms with E-state index in [4.69, 9.17) is 0 Å². The topological polar surface area (TPSA) is 62.4 Å². The molecular formula is C18H18F2N2O3. The summed E-state index contributed by atoms with van der Waals surface area (Å²) in [5.41, 5.74) is 1.67. The molecule has 25 heavy (non-hydrogen) atoms. The molecule has 0 spiro atoms. The van der Waals surface area contributed by atoms with Crippen LogP contribution in [0.4, 0.5) is 8.78 Å². The molecule has 1 N–H and O–H groups in total. The van der Waals surface area contributed by atoms with Gasteiger partial charge in [0.05, 0.1) is 5.56 Å². The number of aromatic nitrogens is 1. The lowest BCUT2D eigenvalue weighted by Gasteiger charge is -2.37. The predicted octanol–water partition coefficient (Wildman–Crippen LogP) is 3.04. The Morgan fingerprint density at radius 2 is 2.00 bits per heavy atom. The fraction of sp³-hybridized carbons (Fsp3) is 0.333. The Morgan fingerprint density at radius 3 is 2.60 bits per heavy atom. The number of halogens is 2. The van der Waals surface area contributed by atoms with E-state index in [1.54, 1.807) is 17.9 Å². The number of pyridine rings is 1. The Bertz CT molecular complexity index is 858. The molecule has 7 heteroatoms. The van der Waals surface area contributed by atoms with Crippen LogP contribution in [-0.4, -0.2) is 35.5 Å². The Hall–Kier alpha value is -2.70. The van der Waals surface area contributed by atoms with Crippen molar-refractivity contribution in [1.82, 2.24) is 9.88 Å². The predicted molar refractivity (Wildman–Crippen MR) is 88.9 cm³/mol. The number of nitrogens with zero attached hydrogens (tertiary/aromatic N) is 1. The first kappa shape index (κ1) is 17.1. The van der Waals surface area contributed by atoms with Crippen molar-refractivity contribution in [3.63, 3.8) is 0 Å². The number of H-pyrrole nitrogens is 1. The molecule has 0 bridgehead atoms. The Kier molecular flexibility index (Phi) is 4.57. The minimum absolute atomic E-state index is 0.0859. The van der Waals surface area contributed by atoms with Crippen LogP contribution in [-0.2, 0) is 0 Å². The van der Waals surface area contributed by atoms with Crippen LogP contribution >= 0.6 is 0 Å². The third-order valence-electron chi connectivity index (χ3n) is 4.09. The second-order valence-electron chi connectivity index (χ2n) is 6.32. The van der Waals surface area contributed by atoms with Crippen LogP contribution < -0.4 is 10.3 Å². The smallest absolute Gasteiger partial charge is 0.387 e. The second-order valence-corrected chi connectivity index (χ2v) is 6.32. The van der Waals surface area contributed by atoms with E-state index in [0.717, 1.165) is 0 Å². The van der Waals surface area contributed by atoms with Crippen molar-refractivity contribution >= 4 is 5.91 Å². The fourth-order valence-electron chi connectivity index (χ4n) is 3.00. The van der Waals surface area contributed by atoms with Gasteiger partial charge in [-0.05, 0) is 48.2 Å². The molecule has 0 atom stereocenters. The quantitative estimate of drug-likeness (QED) is 0.924. The van der Waals surface area contributed by atoms with Crippen LogP contribution in [0.2, 0.25) is 0 Å². The van der Waals surface area contributed by atoms with Gasteiger partial charge in [-0.25, -0.2) is 0 Å². The first-order valence-corrected chi connectivity index (χ1v) is 7.93. The van der Waals surface area contributed by atoms with Crippen molar-refractivity contribution in [1.29, 1.82) is 0 Å². The molecule has 1 aliphatic heterocycles. The molecule has 1 amide bonds. The Labute approximate surface area is 143 Å². The van der Waals surface area contributed by atoms with Gasteiger partial charge in [-0.3, -0.25) is 9.59 Å². The minimum atomic E-state index is -2.97. The molecule has 132 valence electrons. The summed E-state index contributed by atoms with van der Waals surface area (Å²) in [7, 11) is 0. The maximum Gasteiger partial charge on any atom is 0.387 e. The molecule has 1 aromatic heterocycles. The number of carbonyl (C=O) groups excluding carboxylic acids is 1. The third-order valence-corrected chi connectivity index (χ3v) is 4.09. The van der Waals surface area contributed by atoms with Crippen molar-refractivity contribution in [2.75, 3.05) is 13.1 Å². The first-order chi connectivity index (χ1) is 11.8. The highest BCUT2D eigenvalue weighted by atomic mass is 19.3. The number of alkyl halides is 2. The summed E-state index contributed by atoms with van der Waals surface area (Å²) in [4.78, 5) is 28.8. The highest BCUT2D eigenvalue weighted by Gasteiger charge is 2.29. The van der Waals surface area contributed by atoms with E-state index in [-0.39, 0.29) is 22.8 Å². The molecule has 5 nitrogen and oxygen atoms in total. The summed E-state index contributed by atoms with van der Waals surface area (Å²) in [6, 6.07) is 7.32. The standard InChI is InChI=1S/C18H18F2N2O3/c1-10-8-22(9-10)17(24)15-7-13(25-18(19)20)3-4-14(15)12-5-11(2)21-16(23)6-12/h3-7,10,18H,8-9H2,1-2H3,(H,21,23). The largest absolute Gasteiger partial charge is 0.435 e. The van der Waals surface area contributed by atoms with Crippen LogP contribution in [0.1, 0.15) is 23.0 Å². The molecule has 1 aromatic carbocycles. The molecule has 1 fully saturated rings. The summed E-state index contributed by atoms with van der Waals surface area (Å²) in [5, 5.41) is 0. The molecule has 0 aliphatic carbocycles. The SMILES string of the molecule is Cc1cc(-c2ccc(OC(F)F)cc2C(=O)N2CC(C)C2)cc(=O)[nH]1. The van der Waals surface area contributed by atoms with Crippen LogP contribution in [0.15, 0.2) is 35.1 Å². The average molecular weight is 348 g/mol. The molecule has 2 aromatic rings. The first-order valence-electron chi connectivity index (χ1n) is 7.93. The van der Waals surface area contributed by atoms with Crippen LogP contribution in [0, 0.1) is 12.8 Å². The maximum atomic E-state index is 12.8. The number of nitrogens with one attached hydrogen (secondary N) is 1. The number of hydrogen-bond donors (Lipinski definition) is 1. The molecular weight excluding hydrogens is 330 g/mol. The lowest BCUT2D eigenvalue weighted by atomic mass is 9.95. The number of aryl methyl sites for hydroxylation is 1. The summed E-state index contributed by atoms with van der Waals surface area (Å²) in [6.07, 6.45) is 0. The van der Waals surface area contributed by atoms with E-state index in [9.17, 15) is 18.4 Å². The zero-order valence-corrected chi connectivity index (χ0v) is 13.9. The number of likely N-dealkylation sites (tertiary alicyclic amines) is 1. The van der Waals surface area contributed by atoms with E-state index < -0.39 is 6.61 Å². The van der Waals surface area contributed by atoms with E-state index in [0.29, 0.717) is 35.8 Å². The molecule has 1 saturated heterocycles. The Balaban J connectivity index is 2.07. The van der Waals surface area contributed by atoms with Crippen molar-refractivity contribution in [2.45, 2.75) is 20.5 Å². The molecule has 0 radical (unpaired) electrons. The number of carbonyl (C=O) groups is 1. The average Bonchev–Trinajstić information content (AvgIpc) is 2.49. The fourth-order valence-corrected chi connectivity index (χ4v) is 3.00. The number of rotatable bonds is 4. The normalized spacial score (nSPS) is 14.5. The Morgan fingerprint density at radius 1 is 1.28 bits per heavy atom. The van der Waals surface area contributed by atoms with Crippen molar-refractivity contribution in [2.24, 2.45) is 5.92 Å². The zero-order valence-electron chi connectivity index (χ0n) is 13.9. The molecule has 0 unspecified atom stereocenters. The van der Waals surface area contributed by atoms with Crippen LogP contribution in [0.5, 0.6) is 5.75 Å². The summed E-state index contributed by atoms with van der Waals surface area (Å²) in [6.45, 7) is 2.03. The second kappa shape index (κ2) is 6.66. The van der Waals surface area contributed by atoms with Crippen molar-refractivity contribution < 1.29 is 18.3 Å². The third kappa shape index (κ3) is 3.70. The molecule has 2 heterocycles. The highest BCUT2D eigenvalue weighted by molar-refractivity contribution is 6.01. The van der Waals surface area contributed by atoms with Gasteiger partial charge in [-0.15, -0.1) is 0 Å².